The van der Waals surface area contributed by atoms with Crippen LogP contribution in [0.1, 0.15) is 34.8 Å². The van der Waals surface area contributed by atoms with Crippen LogP contribution in [0, 0.1) is 0 Å². The minimum Gasteiger partial charge on any atom is -0.346 e. The first-order valence-corrected chi connectivity index (χ1v) is 8.17. The molecule has 0 amide bonds. The summed E-state index contributed by atoms with van der Waals surface area (Å²) in [6, 6.07) is 16.3. The second-order valence-corrected chi connectivity index (χ2v) is 5.88. The van der Waals surface area contributed by atoms with Crippen LogP contribution < -0.4 is 0 Å². The van der Waals surface area contributed by atoms with Crippen LogP contribution in [-0.2, 0) is 18.9 Å². The molecule has 0 atom stereocenters. The van der Waals surface area contributed by atoms with E-state index in [0.29, 0.717) is 26.4 Å². The molecule has 2 aromatic rings. The highest BCUT2D eigenvalue weighted by molar-refractivity contribution is 5.78. The first-order valence-electron chi connectivity index (χ1n) is 8.17. The molecule has 0 bridgehead atoms. The lowest BCUT2D eigenvalue weighted by Crippen LogP contribution is -2.00. The number of hydrogen-bond acceptors (Lipinski definition) is 4. The quantitative estimate of drug-likeness (QED) is 0.856. The van der Waals surface area contributed by atoms with Crippen LogP contribution in [0.3, 0.4) is 0 Å². The summed E-state index contributed by atoms with van der Waals surface area (Å²) in [5.74, 6) is 0. The fourth-order valence-electron chi connectivity index (χ4n) is 3.01. The molecule has 124 valence electrons. The zero-order valence-corrected chi connectivity index (χ0v) is 13.4. The molecule has 24 heavy (non-hydrogen) atoms. The molecular weight excluding hydrogens is 304 g/mol. The molecule has 0 aliphatic carbocycles. The van der Waals surface area contributed by atoms with Crippen molar-refractivity contribution in [1.29, 1.82) is 0 Å². The molecule has 2 fully saturated rings. The Bertz CT molecular complexity index is 666. The molecular formula is C20H20O4. The van der Waals surface area contributed by atoms with E-state index >= 15 is 0 Å². The van der Waals surface area contributed by atoms with Gasteiger partial charge in [-0.25, -0.2) is 0 Å². The van der Waals surface area contributed by atoms with E-state index in [1.807, 2.05) is 24.3 Å². The third-order valence-electron chi connectivity index (χ3n) is 4.26. The lowest BCUT2D eigenvalue weighted by atomic mass is 9.96. The van der Waals surface area contributed by atoms with Crippen molar-refractivity contribution in [3.8, 4) is 0 Å². The van der Waals surface area contributed by atoms with Crippen LogP contribution in [0.5, 0.6) is 0 Å². The highest BCUT2D eigenvalue weighted by Crippen LogP contribution is 2.30. The van der Waals surface area contributed by atoms with E-state index < -0.39 is 0 Å². The van der Waals surface area contributed by atoms with Gasteiger partial charge >= 0.3 is 0 Å². The van der Waals surface area contributed by atoms with Gasteiger partial charge < -0.3 is 18.9 Å². The van der Waals surface area contributed by atoms with E-state index in [2.05, 4.69) is 30.8 Å². The highest BCUT2D eigenvalue weighted by Gasteiger charge is 2.20. The molecule has 0 N–H and O–H groups in total. The summed E-state index contributed by atoms with van der Waals surface area (Å²) in [7, 11) is 0. The molecule has 2 aliphatic heterocycles. The van der Waals surface area contributed by atoms with Gasteiger partial charge in [-0.3, -0.25) is 0 Å². The topological polar surface area (TPSA) is 36.9 Å². The molecule has 0 unspecified atom stereocenters. The van der Waals surface area contributed by atoms with E-state index in [4.69, 9.17) is 18.9 Å². The molecule has 0 saturated carbocycles. The predicted octanol–water partition coefficient (Wildman–Crippen LogP) is 3.84. The number of rotatable bonds is 4. The SMILES string of the molecule is C=C(c1cccc(C2OCCO2)c1)c1cccc(C2OCCO2)c1. The van der Waals surface area contributed by atoms with Gasteiger partial charge in [-0.2, -0.15) is 0 Å². The Morgan fingerprint density at radius 2 is 1.12 bits per heavy atom. The second kappa shape index (κ2) is 6.87. The Morgan fingerprint density at radius 1 is 0.708 bits per heavy atom. The number of benzene rings is 2. The van der Waals surface area contributed by atoms with Gasteiger partial charge in [0.2, 0.25) is 0 Å². The molecule has 2 aromatic carbocycles. The molecule has 2 aliphatic rings. The van der Waals surface area contributed by atoms with E-state index in [9.17, 15) is 0 Å². The van der Waals surface area contributed by atoms with Crippen LogP contribution in [0.2, 0.25) is 0 Å². The Hall–Kier alpha value is -1.98. The predicted molar refractivity (Wildman–Crippen MR) is 90.3 cm³/mol. The van der Waals surface area contributed by atoms with Crippen molar-refractivity contribution in [2.24, 2.45) is 0 Å². The van der Waals surface area contributed by atoms with Gasteiger partial charge in [0.1, 0.15) is 0 Å². The maximum Gasteiger partial charge on any atom is 0.184 e. The zero-order valence-electron chi connectivity index (χ0n) is 13.4. The first kappa shape index (κ1) is 15.5. The minimum absolute atomic E-state index is 0.274. The third kappa shape index (κ3) is 3.14. The molecule has 4 heteroatoms. The van der Waals surface area contributed by atoms with Crippen molar-refractivity contribution in [3.63, 3.8) is 0 Å². The van der Waals surface area contributed by atoms with Gasteiger partial charge in [0.25, 0.3) is 0 Å². The minimum atomic E-state index is -0.274. The summed E-state index contributed by atoms with van der Waals surface area (Å²) in [5.41, 5.74) is 5.10. The summed E-state index contributed by atoms with van der Waals surface area (Å²) in [4.78, 5) is 0. The van der Waals surface area contributed by atoms with Gasteiger partial charge in [-0.05, 0) is 28.8 Å². The Balaban J connectivity index is 1.59. The molecule has 0 spiro atoms. The van der Waals surface area contributed by atoms with Crippen LogP contribution in [0.25, 0.3) is 5.57 Å². The number of hydrogen-bond donors (Lipinski definition) is 0. The second-order valence-electron chi connectivity index (χ2n) is 5.88. The van der Waals surface area contributed by atoms with Crippen LogP contribution in [0.15, 0.2) is 55.1 Å². The van der Waals surface area contributed by atoms with E-state index in [-0.39, 0.29) is 12.6 Å². The fourth-order valence-corrected chi connectivity index (χ4v) is 3.01. The first-order chi connectivity index (χ1) is 11.8. The van der Waals surface area contributed by atoms with Crippen LogP contribution in [0.4, 0.5) is 0 Å². The van der Waals surface area contributed by atoms with Crippen molar-refractivity contribution in [2.45, 2.75) is 12.6 Å². The van der Waals surface area contributed by atoms with Gasteiger partial charge in [0.15, 0.2) is 12.6 Å². The Labute approximate surface area is 141 Å². The molecule has 4 nitrogen and oxygen atoms in total. The van der Waals surface area contributed by atoms with Gasteiger partial charge in [0, 0.05) is 11.1 Å². The lowest BCUT2D eigenvalue weighted by molar-refractivity contribution is -0.0442. The third-order valence-corrected chi connectivity index (χ3v) is 4.26. The average Bonchev–Trinajstić information content (AvgIpc) is 3.35. The highest BCUT2D eigenvalue weighted by atomic mass is 16.7. The van der Waals surface area contributed by atoms with E-state index in [1.54, 1.807) is 0 Å². The van der Waals surface area contributed by atoms with Crippen LogP contribution in [-0.4, -0.2) is 26.4 Å². The maximum atomic E-state index is 5.58. The normalized spacial score (nSPS) is 19.0. The van der Waals surface area contributed by atoms with E-state index in [0.717, 1.165) is 27.8 Å². The lowest BCUT2D eigenvalue weighted by Gasteiger charge is -2.14. The molecule has 2 heterocycles. The van der Waals surface area contributed by atoms with Gasteiger partial charge in [0.05, 0.1) is 26.4 Å². The smallest absolute Gasteiger partial charge is 0.184 e. The summed E-state index contributed by atoms with van der Waals surface area (Å²) in [6.45, 7) is 6.82. The molecule has 2 saturated heterocycles. The van der Waals surface area contributed by atoms with Crippen molar-refractivity contribution in [3.05, 3.63) is 77.4 Å². The zero-order chi connectivity index (χ0) is 16.4. The molecule has 0 aromatic heterocycles. The molecule has 4 rings (SSSR count). The van der Waals surface area contributed by atoms with Crippen molar-refractivity contribution < 1.29 is 18.9 Å². The van der Waals surface area contributed by atoms with E-state index in [1.165, 1.54) is 0 Å². The maximum absolute atomic E-state index is 5.58. The Morgan fingerprint density at radius 3 is 1.54 bits per heavy atom. The fraction of sp³-hybridized carbons (Fsp3) is 0.300. The summed E-state index contributed by atoms with van der Waals surface area (Å²) in [5, 5.41) is 0. The molecule has 0 radical (unpaired) electrons. The number of ether oxygens (including phenoxy) is 4. The monoisotopic (exact) mass is 324 g/mol. The summed E-state index contributed by atoms with van der Waals surface area (Å²) in [6.07, 6.45) is -0.547. The Kier molecular flexibility index (Phi) is 4.45. The van der Waals surface area contributed by atoms with Crippen molar-refractivity contribution in [2.75, 3.05) is 26.4 Å². The van der Waals surface area contributed by atoms with Crippen molar-refractivity contribution >= 4 is 5.57 Å². The van der Waals surface area contributed by atoms with Gasteiger partial charge in [-0.1, -0.05) is 43.0 Å². The summed E-state index contributed by atoms with van der Waals surface area (Å²) < 4.78 is 22.3. The average molecular weight is 324 g/mol. The summed E-state index contributed by atoms with van der Waals surface area (Å²) >= 11 is 0. The van der Waals surface area contributed by atoms with Crippen molar-refractivity contribution in [1.82, 2.24) is 0 Å². The standard InChI is InChI=1S/C20H20O4/c1-14(15-4-2-6-17(12-15)19-21-8-9-22-19)16-5-3-7-18(13-16)20-23-10-11-24-20/h2-7,12-13,19-20H,1,8-11H2. The van der Waals surface area contributed by atoms with Crippen LogP contribution >= 0.6 is 0 Å². The largest absolute Gasteiger partial charge is 0.346 e. The van der Waals surface area contributed by atoms with Gasteiger partial charge in [-0.15, -0.1) is 0 Å².